The van der Waals surface area contributed by atoms with Gasteiger partial charge in [0.05, 0.1) is 18.7 Å². The number of aromatic carboxylic acids is 1. The summed E-state index contributed by atoms with van der Waals surface area (Å²) >= 11 is 0. The Hall–Kier alpha value is -2.83. The van der Waals surface area contributed by atoms with E-state index in [0.717, 1.165) is 0 Å². The molecule has 116 valence electrons. The van der Waals surface area contributed by atoms with Crippen molar-refractivity contribution in [3.63, 3.8) is 0 Å². The fraction of sp³-hybridized carbons (Fsp3) is 0.267. The van der Waals surface area contributed by atoms with Crippen LogP contribution in [-0.2, 0) is 6.54 Å². The van der Waals surface area contributed by atoms with Crippen molar-refractivity contribution in [2.24, 2.45) is 0 Å². The number of carbonyl (C=O) groups is 2. The maximum atomic E-state index is 12.0. The van der Waals surface area contributed by atoms with Crippen molar-refractivity contribution in [2.75, 3.05) is 6.61 Å². The van der Waals surface area contributed by atoms with Crippen LogP contribution in [0.15, 0.2) is 28.8 Å². The number of hydrogen-bond donors (Lipinski definition) is 2. The molecule has 0 atom stereocenters. The van der Waals surface area contributed by atoms with E-state index >= 15 is 0 Å². The Balaban J connectivity index is 1.97. The summed E-state index contributed by atoms with van der Waals surface area (Å²) in [6.45, 7) is 4.08. The van der Waals surface area contributed by atoms with Crippen molar-refractivity contribution in [3.8, 4) is 5.88 Å². The van der Waals surface area contributed by atoms with Crippen LogP contribution >= 0.6 is 0 Å². The number of hydrogen-bond acceptors (Lipinski definition) is 5. The van der Waals surface area contributed by atoms with Crippen molar-refractivity contribution in [3.05, 3.63) is 47.0 Å². The molecule has 1 amide bonds. The van der Waals surface area contributed by atoms with Gasteiger partial charge in [-0.3, -0.25) is 4.79 Å². The molecular formula is C15H16N2O5. The van der Waals surface area contributed by atoms with E-state index in [1.807, 2.05) is 6.92 Å². The molecule has 2 heterocycles. The minimum absolute atomic E-state index is 0.0974. The molecule has 0 aromatic carbocycles. The largest absolute Gasteiger partial charge is 0.478 e. The summed E-state index contributed by atoms with van der Waals surface area (Å²) in [6.07, 6.45) is 1.41. The SMILES string of the molecule is CCOc1ccc(C(=O)NCc2cc(C)c(C(=O)O)o2)cn1. The predicted octanol–water partition coefficient (Wildman–Crippen LogP) is 2.01. The number of aromatic nitrogens is 1. The molecule has 0 saturated heterocycles. The predicted molar refractivity (Wildman–Crippen MR) is 77.0 cm³/mol. The minimum Gasteiger partial charge on any atom is -0.478 e. The van der Waals surface area contributed by atoms with E-state index in [1.54, 1.807) is 25.1 Å². The Morgan fingerprint density at radius 3 is 2.73 bits per heavy atom. The number of nitrogens with zero attached hydrogens (tertiary/aromatic N) is 1. The molecule has 0 saturated carbocycles. The van der Waals surface area contributed by atoms with Gasteiger partial charge in [-0.15, -0.1) is 0 Å². The second kappa shape index (κ2) is 6.75. The van der Waals surface area contributed by atoms with Gasteiger partial charge in [-0.2, -0.15) is 0 Å². The van der Waals surface area contributed by atoms with Crippen LogP contribution in [0.5, 0.6) is 5.88 Å². The van der Waals surface area contributed by atoms with Crippen molar-refractivity contribution < 1.29 is 23.8 Å². The topological polar surface area (TPSA) is 102 Å². The van der Waals surface area contributed by atoms with E-state index in [1.165, 1.54) is 6.20 Å². The molecule has 0 aliphatic rings. The van der Waals surface area contributed by atoms with Crippen molar-refractivity contribution in [1.82, 2.24) is 10.3 Å². The molecule has 0 aliphatic heterocycles. The Kier molecular flexibility index (Phi) is 4.77. The molecule has 0 aliphatic carbocycles. The van der Waals surface area contributed by atoms with Gasteiger partial charge in [0.25, 0.3) is 5.91 Å². The lowest BCUT2D eigenvalue weighted by Gasteiger charge is -2.04. The minimum atomic E-state index is -1.13. The number of carboxylic acids is 1. The molecule has 2 rings (SSSR count). The number of ether oxygens (including phenoxy) is 1. The molecule has 22 heavy (non-hydrogen) atoms. The van der Waals surface area contributed by atoms with Crippen LogP contribution in [0.3, 0.4) is 0 Å². The smallest absolute Gasteiger partial charge is 0.372 e. The number of carboxylic acid groups (broad SMARTS) is 1. The normalized spacial score (nSPS) is 10.3. The molecule has 0 bridgehead atoms. The van der Waals surface area contributed by atoms with Crippen molar-refractivity contribution >= 4 is 11.9 Å². The van der Waals surface area contributed by atoms with Crippen molar-refractivity contribution in [2.45, 2.75) is 20.4 Å². The third kappa shape index (κ3) is 3.63. The first-order valence-electron chi connectivity index (χ1n) is 6.71. The number of amides is 1. The van der Waals surface area contributed by atoms with E-state index in [-0.39, 0.29) is 18.2 Å². The standard InChI is InChI=1S/C15H16N2O5/c1-3-21-12-5-4-10(7-16-12)14(18)17-8-11-6-9(2)13(22-11)15(19)20/h4-7H,3,8H2,1-2H3,(H,17,18)(H,19,20). The average molecular weight is 304 g/mol. The summed E-state index contributed by atoms with van der Waals surface area (Å²) in [4.78, 5) is 26.8. The summed E-state index contributed by atoms with van der Waals surface area (Å²) in [5.74, 6) is -0.756. The summed E-state index contributed by atoms with van der Waals surface area (Å²) in [5, 5.41) is 11.5. The van der Waals surface area contributed by atoms with E-state index < -0.39 is 5.97 Å². The van der Waals surface area contributed by atoms with Gasteiger partial charge in [0.2, 0.25) is 11.6 Å². The molecule has 0 fully saturated rings. The van der Waals surface area contributed by atoms with E-state index in [0.29, 0.717) is 29.4 Å². The molecule has 0 spiro atoms. The lowest BCUT2D eigenvalue weighted by Crippen LogP contribution is -2.22. The van der Waals surface area contributed by atoms with Crippen LogP contribution in [0.2, 0.25) is 0 Å². The number of pyridine rings is 1. The number of furan rings is 1. The fourth-order valence-corrected chi connectivity index (χ4v) is 1.86. The fourth-order valence-electron chi connectivity index (χ4n) is 1.86. The summed E-state index contributed by atoms with van der Waals surface area (Å²) in [5.41, 5.74) is 0.893. The summed E-state index contributed by atoms with van der Waals surface area (Å²) in [7, 11) is 0. The highest BCUT2D eigenvalue weighted by atomic mass is 16.5. The molecule has 7 heteroatoms. The number of rotatable bonds is 6. The van der Waals surface area contributed by atoms with Crippen LogP contribution < -0.4 is 10.1 Å². The average Bonchev–Trinajstić information content (AvgIpc) is 2.87. The molecule has 2 N–H and O–H groups in total. The lowest BCUT2D eigenvalue weighted by molar-refractivity contribution is 0.0659. The second-order valence-corrected chi connectivity index (χ2v) is 4.53. The van der Waals surface area contributed by atoms with E-state index in [4.69, 9.17) is 14.3 Å². The molecule has 7 nitrogen and oxygen atoms in total. The van der Waals surface area contributed by atoms with Crippen LogP contribution in [0.4, 0.5) is 0 Å². The van der Waals surface area contributed by atoms with Crippen molar-refractivity contribution in [1.29, 1.82) is 0 Å². The molecular weight excluding hydrogens is 288 g/mol. The molecule has 2 aromatic rings. The molecule has 0 unspecified atom stereocenters. The quantitative estimate of drug-likeness (QED) is 0.846. The third-order valence-electron chi connectivity index (χ3n) is 2.88. The first kappa shape index (κ1) is 15.6. The van der Waals surface area contributed by atoms with Gasteiger partial charge in [-0.1, -0.05) is 0 Å². The highest BCUT2D eigenvalue weighted by Crippen LogP contribution is 2.14. The van der Waals surface area contributed by atoms with Gasteiger partial charge >= 0.3 is 5.97 Å². The van der Waals surface area contributed by atoms with E-state index in [9.17, 15) is 9.59 Å². The zero-order chi connectivity index (χ0) is 16.1. The maximum absolute atomic E-state index is 12.0. The van der Waals surface area contributed by atoms with Gasteiger partial charge in [0, 0.05) is 17.8 Å². The zero-order valence-electron chi connectivity index (χ0n) is 12.3. The van der Waals surface area contributed by atoms with Gasteiger partial charge in [-0.25, -0.2) is 9.78 Å². The maximum Gasteiger partial charge on any atom is 0.372 e. The van der Waals surface area contributed by atoms with Crippen LogP contribution in [0, 0.1) is 6.92 Å². The summed E-state index contributed by atoms with van der Waals surface area (Å²) in [6, 6.07) is 4.79. The Bertz CT molecular complexity index is 676. The highest BCUT2D eigenvalue weighted by molar-refractivity contribution is 5.93. The number of aryl methyl sites for hydroxylation is 1. The number of carbonyl (C=O) groups excluding carboxylic acids is 1. The number of nitrogens with one attached hydrogen (secondary N) is 1. The lowest BCUT2D eigenvalue weighted by atomic mass is 10.2. The van der Waals surface area contributed by atoms with Gasteiger partial charge in [-0.05, 0) is 26.0 Å². The second-order valence-electron chi connectivity index (χ2n) is 4.53. The first-order valence-corrected chi connectivity index (χ1v) is 6.71. The Morgan fingerprint density at radius 2 is 2.18 bits per heavy atom. The first-order chi connectivity index (χ1) is 10.5. The van der Waals surface area contributed by atoms with E-state index in [2.05, 4.69) is 10.3 Å². The highest BCUT2D eigenvalue weighted by Gasteiger charge is 2.15. The van der Waals surface area contributed by atoms with Crippen LogP contribution in [0.25, 0.3) is 0 Å². The van der Waals surface area contributed by atoms with Crippen LogP contribution in [-0.4, -0.2) is 28.6 Å². The summed E-state index contributed by atoms with van der Waals surface area (Å²) < 4.78 is 10.4. The molecule has 0 radical (unpaired) electrons. The molecule has 2 aromatic heterocycles. The Morgan fingerprint density at radius 1 is 1.41 bits per heavy atom. The van der Waals surface area contributed by atoms with Gasteiger partial charge in [0.15, 0.2) is 0 Å². The van der Waals surface area contributed by atoms with Crippen LogP contribution in [0.1, 0.15) is 39.2 Å². The Labute approximate surface area is 126 Å². The third-order valence-corrected chi connectivity index (χ3v) is 2.88. The zero-order valence-corrected chi connectivity index (χ0v) is 12.3. The van der Waals surface area contributed by atoms with Gasteiger partial charge in [0.1, 0.15) is 5.76 Å². The monoisotopic (exact) mass is 304 g/mol. The van der Waals surface area contributed by atoms with Gasteiger partial charge < -0.3 is 19.6 Å².